The van der Waals surface area contributed by atoms with E-state index >= 15 is 0 Å². The van der Waals surface area contributed by atoms with E-state index in [2.05, 4.69) is 30.3 Å². The normalized spacial score (nSPS) is 13.0. The Morgan fingerprint density at radius 2 is 2.12 bits per heavy atom. The summed E-state index contributed by atoms with van der Waals surface area (Å²) in [5, 5.41) is 10.4. The number of nitrogens with zero attached hydrogens (tertiary/aromatic N) is 4. The quantitative estimate of drug-likeness (QED) is 0.536. The highest BCUT2D eigenvalue weighted by atomic mass is 16.5. The summed E-state index contributed by atoms with van der Waals surface area (Å²) in [5.74, 6) is 1.74. The van der Waals surface area contributed by atoms with Gasteiger partial charge < -0.3 is 24.5 Å². The Hall–Kier alpha value is -2.35. The smallest absolute Gasteiger partial charge is 0.248 e. The van der Waals surface area contributed by atoms with Crippen LogP contribution in [0.3, 0.4) is 0 Å². The molecule has 1 atom stereocenters. The van der Waals surface area contributed by atoms with Crippen molar-refractivity contribution in [1.82, 2.24) is 25.3 Å². The van der Waals surface area contributed by atoms with Gasteiger partial charge in [-0.15, -0.1) is 0 Å². The molecule has 0 aromatic carbocycles. The summed E-state index contributed by atoms with van der Waals surface area (Å²) < 4.78 is 12.8. The van der Waals surface area contributed by atoms with Gasteiger partial charge in [0.25, 0.3) is 0 Å². The molecule has 8 nitrogen and oxygen atoms in total. The van der Waals surface area contributed by atoms with Gasteiger partial charge in [0.1, 0.15) is 12.6 Å². The van der Waals surface area contributed by atoms with E-state index in [1.165, 1.54) is 0 Å². The van der Waals surface area contributed by atoms with Gasteiger partial charge in [0.05, 0.1) is 0 Å². The summed E-state index contributed by atoms with van der Waals surface area (Å²) in [7, 11) is 0. The van der Waals surface area contributed by atoms with Crippen LogP contribution in [-0.4, -0.2) is 40.4 Å². The number of rotatable bonds is 9. The van der Waals surface area contributed by atoms with Crippen molar-refractivity contribution < 1.29 is 9.26 Å². The van der Waals surface area contributed by atoms with Crippen LogP contribution in [0.25, 0.3) is 0 Å². The minimum Gasteiger partial charge on any atom is -0.371 e. The summed E-state index contributed by atoms with van der Waals surface area (Å²) in [6.45, 7) is 9.22. The molecule has 2 rings (SSSR count). The number of nitrogens with one attached hydrogen (secondary N) is 2. The third-order valence-electron chi connectivity index (χ3n) is 3.31. The fourth-order valence-corrected chi connectivity index (χ4v) is 2.13. The van der Waals surface area contributed by atoms with Crippen molar-refractivity contribution in [1.29, 1.82) is 0 Å². The van der Waals surface area contributed by atoms with Gasteiger partial charge in [0, 0.05) is 38.6 Å². The third kappa shape index (κ3) is 5.69. The number of hydrogen-bond acceptors (Lipinski definition) is 5. The Labute approximate surface area is 142 Å². The molecule has 0 radical (unpaired) electrons. The molecule has 0 aliphatic rings. The van der Waals surface area contributed by atoms with Gasteiger partial charge >= 0.3 is 0 Å². The molecule has 2 aromatic heterocycles. The van der Waals surface area contributed by atoms with Gasteiger partial charge in [0.15, 0.2) is 11.8 Å². The van der Waals surface area contributed by atoms with Crippen molar-refractivity contribution in [3.8, 4) is 0 Å². The van der Waals surface area contributed by atoms with Gasteiger partial charge in [-0.05, 0) is 32.9 Å². The summed E-state index contributed by atoms with van der Waals surface area (Å²) >= 11 is 0. The number of aromatic nitrogens is 3. The van der Waals surface area contributed by atoms with Crippen molar-refractivity contribution in [2.75, 3.05) is 19.7 Å². The van der Waals surface area contributed by atoms with Crippen LogP contribution in [0, 0.1) is 0 Å². The van der Waals surface area contributed by atoms with E-state index in [0.717, 1.165) is 25.6 Å². The summed E-state index contributed by atoms with van der Waals surface area (Å²) in [6, 6.07) is 4.02. The second-order valence-electron chi connectivity index (χ2n) is 5.19. The largest absolute Gasteiger partial charge is 0.371 e. The van der Waals surface area contributed by atoms with Crippen LogP contribution >= 0.6 is 0 Å². The highest BCUT2D eigenvalue weighted by Crippen LogP contribution is 2.12. The fraction of sp³-hybridized carbons (Fsp3) is 0.562. The highest BCUT2D eigenvalue weighted by molar-refractivity contribution is 5.79. The molecular weight excluding hydrogens is 308 g/mol. The molecule has 24 heavy (non-hydrogen) atoms. The lowest BCUT2D eigenvalue weighted by Gasteiger charge is -2.11. The maximum Gasteiger partial charge on any atom is 0.248 e. The first-order valence-corrected chi connectivity index (χ1v) is 8.30. The van der Waals surface area contributed by atoms with E-state index in [-0.39, 0.29) is 6.10 Å². The Bertz CT molecular complexity index is 608. The van der Waals surface area contributed by atoms with Gasteiger partial charge in [0.2, 0.25) is 5.89 Å². The molecule has 132 valence electrons. The van der Waals surface area contributed by atoms with E-state index in [1.807, 2.05) is 45.3 Å². The molecular formula is C16H26N6O2. The van der Waals surface area contributed by atoms with Crippen LogP contribution in [-0.2, 0) is 17.8 Å². The fourth-order valence-electron chi connectivity index (χ4n) is 2.13. The SMILES string of the molecule is CCNC(=NCc1nc(C(C)OCC)no1)NCCn1cccc1. The maximum atomic E-state index is 5.45. The standard InChI is InChI=1S/C16H26N6O2/c1-4-17-16(18-8-11-22-9-6-7-10-22)19-12-14-20-15(21-24-14)13(3)23-5-2/h6-7,9-10,13H,4-5,8,11-12H2,1-3H3,(H2,17,18,19). The first-order valence-electron chi connectivity index (χ1n) is 8.30. The average Bonchev–Trinajstić information content (AvgIpc) is 3.24. The third-order valence-corrected chi connectivity index (χ3v) is 3.31. The van der Waals surface area contributed by atoms with Crippen LogP contribution < -0.4 is 10.6 Å². The molecule has 2 N–H and O–H groups in total. The maximum absolute atomic E-state index is 5.45. The Balaban J connectivity index is 1.85. The molecule has 0 fully saturated rings. The van der Waals surface area contributed by atoms with Crippen molar-refractivity contribution in [3.63, 3.8) is 0 Å². The highest BCUT2D eigenvalue weighted by Gasteiger charge is 2.13. The van der Waals surface area contributed by atoms with Crippen molar-refractivity contribution >= 4 is 5.96 Å². The Morgan fingerprint density at radius 1 is 1.33 bits per heavy atom. The predicted octanol–water partition coefficient (Wildman–Crippen LogP) is 1.72. The molecule has 2 heterocycles. The van der Waals surface area contributed by atoms with E-state index < -0.39 is 0 Å². The molecule has 1 unspecified atom stereocenters. The van der Waals surface area contributed by atoms with E-state index in [4.69, 9.17) is 9.26 Å². The predicted molar refractivity (Wildman–Crippen MR) is 91.6 cm³/mol. The molecule has 0 aliphatic heterocycles. The molecule has 2 aromatic rings. The van der Waals surface area contributed by atoms with Crippen molar-refractivity contribution in [2.24, 2.45) is 4.99 Å². The van der Waals surface area contributed by atoms with Crippen LogP contribution in [0.2, 0.25) is 0 Å². The van der Waals surface area contributed by atoms with E-state index in [0.29, 0.717) is 24.9 Å². The van der Waals surface area contributed by atoms with Crippen molar-refractivity contribution in [2.45, 2.75) is 40.0 Å². The second-order valence-corrected chi connectivity index (χ2v) is 5.19. The zero-order chi connectivity index (χ0) is 17.2. The Morgan fingerprint density at radius 3 is 2.83 bits per heavy atom. The zero-order valence-electron chi connectivity index (χ0n) is 14.5. The second kappa shape index (κ2) is 9.71. The lowest BCUT2D eigenvalue weighted by Crippen LogP contribution is -2.38. The molecule has 0 saturated heterocycles. The zero-order valence-corrected chi connectivity index (χ0v) is 14.5. The molecule has 0 saturated carbocycles. The lowest BCUT2D eigenvalue weighted by molar-refractivity contribution is 0.0683. The minimum atomic E-state index is -0.176. The van der Waals surface area contributed by atoms with E-state index in [9.17, 15) is 0 Å². The average molecular weight is 334 g/mol. The van der Waals surface area contributed by atoms with Crippen LogP contribution in [0.4, 0.5) is 0 Å². The van der Waals surface area contributed by atoms with Gasteiger partial charge in [-0.25, -0.2) is 4.99 Å². The number of ether oxygens (including phenoxy) is 1. The summed E-state index contributed by atoms with van der Waals surface area (Å²) in [6.07, 6.45) is 3.89. The van der Waals surface area contributed by atoms with Gasteiger partial charge in [-0.2, -0.15) is 4.98 Å². The van der Waals surface area contributed by atoms with Crippen LogP contribution in [0.5, 0.6) is 0 Å². The number of hydrogen-bond donors (Lipinski definition) is 2. The van der Waals surface area contributed by atoms with Crippen LogP contribution in [0.15, 0.2) is 34.0 Å². The molecule has 0 spiro atoms. The molecule has 0 amide bonds. The lowest BCUT2D eigenvalue weighted by atomic mass is 10.4. The Kier molecular flexibility index (Phi) is 7.28. The number of aliphatic imine (C=N–C) groups is 1. The molecule has 8 heteroatoms. The monoisotopic (exact) mass is 334 g/mol. The first kappa shape index (κ1) is 18.0. The molecule has 0 bridgehead atoms. The topological polar surface area (TPSA) is 89.5 Å². The van der Waals surface area contributed by atoms with Crippen LogP contribution in [0.1, 0.15) is 38.6 Å². The van der Waals surface area contributed by atoms with Gasteiger partial charge in [-0.3, -0.25) is 0 Å². The molecule has 0 aliphatic carbocycles. The van der Waals surface area contributed by atoms with E-state index in [1.54, 1.807) is 0 Å². The summed E-state index contributed by atoms with van der Waals surface area (Å²) in [4.78, 5) is 8.78. The minimum absolute atomic E-state index is 0.176. The first-order chi connectivity index (χ1) is 11.7. The number of guanidine groups is 1. The van der Waals surface area contributed by atoms with Gasteiger partial charge in [-0.1, -0.05) is 5.16 Å². The summed E-state index contributed by atoms with van der Waals surface area (Å²) in [5.41, 5.74) is 0. The van der Waals surface area contributed by atoms with Crippen molar-refractivity contribution in [3.05, 3.63) is 36.2 Å².